The molecule has 0 fully saturated rings. The number of H-pyrrole nitrogens is 1. The molecular weight excluding hydrogens is 488 g/mol. The second-order valence-electron chi connectivity index (χ2n) is 9.09. The number of aromatic amines is 1. The number of methoxy groups -OCH3 is 1. The number of hydrogen-bond donors (Lipinski definition) is 4. The quantitative estimate of drug-likeness (QED) is 0.200. The molecule has 10 heteroatoms. The lowest BCUT2D eigenvalue weighted by molar-refractivity contribution is 0.413. The fraction of sp³-hybridized carbons (Fsp3) is 0.333. The van der Waals surface area contributed by atoms with Crippen molar-refractivity contribution in [1.82, 2.24) is 25.2 Å². The van der Waals surface area contributed by atoms with Crippen molar-refractivity contribution in [3.8, 4) is 17.0 Å². The van der Waals surface area contributed by atoms with Crippen LogP contribution in [-0.2, 0) is 0 Å². The molecule has 0 unspecified atom stereocenters. The molecule has 0 atom stereocenters. The van der Waals surface area contributed by atoms with E-state index in [1.807, 2.05) is 49.6 Å². The first-order valence-electron chi connectivity index (χ1n) is 12.2. The molecule has 0 spiro atoms. The van der Waals surface area contributed by atoms with Gasteiger partial charge in [-0.3, -0.25) is 0 Å². The standard InChI is InChI=1S/C27H35ClN8O/c1-29-10-11-30-22-14-23(25(37-5)15-24(22)36(4)13-12-35(2)3)33-27-32-17-20(28)26(34-27)19-16-31-21-9-7-6-8-18(19)21/h6-9,14-17,29-31H,10-13H2,1-5H3,(H,32,33,34). The van der Waals surface area contributed by atoms with E-state index >= 15 is 0 Å². The monoisotopic (exact) mass is 522 g/mol. The molecule has 0 aliphatic rings. The predicted molar refractivity (Wildman–Crippen MR) is 155 cm³/mol. The lowest BCUT2D eigenvalue weighted by Crippen LogP contribution is -2.29. The van der Waals surface area contributed by atoms with Crippen LogP contribution < -0.4 is 25.6 Å². The van der Waals surface area contributed by atoms with Crippen molar-refractivity contribution < 1.29 is 4.74 Å². The van der Waals surface area contributed by atoms with Crippen molar-refractivity contribution in [1.29, 1.82) is 0 Å². The summed E-state index contributed by atoms with van der Waals surface area (Å²) < 4.78 is 5.77. The summed E-state index contributed by atoms with van der Waals surface area (Å²) in [6, 6.07) is 12.1. The Hall–Kier alpha value is -3.53. The molecule has 9 nitrogen and oxygen atoms in total. The van der Waals surface area contributed by atoms with Crippen LogP contribution in [0.2, 0.25) is 5.02 Å². The van der Waals surface area contributed by atoms with Gasteiger partial charge >= 0.3 is 0 Å². The van der Waals surface area contributed by atoms with E-state index in [0.29, 0.717) is 22.4 Å². The molecular formula is C27H35ClN8O. The summed E-state index contributed by atoms with van der Waals surface area (Å²) >= 11 is 6.54. The second kappa shape index (κ2) is 12.1. The Morgan fingerprint density at radius 1 is 1.05 bits per heavy atom. The van der Waals surface area contributed by atoms with Gasteiger partial charge in [-0.05, 0) is 33.3 Å². The first-order chi connectivity index (χ1) is 17.9. The summed E-state index contributed by atoms with van der Waals surface area (Å²) in [5.41, 5.74) is 5.40. The third kappa shape index (κ3) is 6.25. The summed E-state index contributed by atoms with van der Waals surface area (Å²) in [6.07, 6.45) is 3.54. The number of anilines is 4. The fourth-order valence-corrected chi connectivity index (χ4v) is 4.28. The van der Waals surface area contributed by atoms with E-state index in [1.54, 1.807) is 13.3 Å². The highest BCUT2D eigenvalue weighted by molar-refractivity contribution is 6.33. The molecule has 0 bridgehead atoms. The third-order valence-corrected chi connectivity index (χ3v) is 6.41. The van der Waals surface area contributed by atoms with E-state index in [-0.39, 0.29) is 0 Å². The van der Waals surface area contributed by atoms with Crippen LogP contribution in [0.1, 0.15) is 0 Å². The number of aromatic nitrogens is 3. The number of nitrogens with one attached hydrogen (secondary N) is 4. The van der Waals surface area contributed by atoms with Crippen LogP contribution in [0.5, 0.6) is 5.75 Å². The zero-order chi connectivity index (χ0) is 26.4. The third-order valence-electron chi connectivity index (χ3n) is 6.14. The maximum absolute atomic E-state index is 6.54. The first-order valence-corrected chi connectivity index (χ1v) is 12.6. The lowest BCUT2D eigenvalue weighted by Gasteiger charge is -2.26. The van der Waals surface area contributed by atoms with Crippen molar-refractivity contribution in [2.45, 2.75) is 0 Å². The van der Waals surface area contributed by atoms with E-state index in [9.17, 15) is 0 Å². The smallest absolute Gasteiger partial charge is 0.227 e. The highest BCUT2D eigenvalue weighted by Crippen LogP contribution is 2.38. The summed E-state index contributed by atoms with van der Waals surface area (Å²) in [6.45, 7) is 3.42. The fourth-order valence-electron chi connectivity index (χ4n) is 4.09. The summed E-state index contributed by atoms with van der Waals surface area (Å²) in [5, 5.41) is 11.6. The molecule has 4 rings (SSSR count). The van der Waals surface area contributed by atoms with Crippen LogP contribution in [0, 0.1) is 0 Å². The first kappa shape index (κ1) is 26.5. The molecule has 0 amide bonds. The normalized spacial score (nSPS) is 11.2. The van der Waals surface area contributed by atoms with Crippen molar-refractivity contribution in [2.75, 3.05) is 77.0 Å². The van der Waals surface area contributed by atoms with E-state index in [2.05, 4.69) is 56.9 Å². The number of ether oxygens (including phenoxy) is 1. The van der Waals surface area contributed by atoms with Gasteiger partial charge in [0.25, 0.3) is 0 Å². The number of para-hydroxylation sites is 1. The topological polar surface area (TPSA) is 93.4 Å². The number of likely N-dealkylation sites (N-methyl/N-ethyl adjacent to an activating group) is 3. The average Bonchev–Trinajstić information content (AvgIpc) is 3.32. The van der Waals surface area contributed by atoms with Crippen LogP contribution in [0.4, 0.5) is 23.0 Å². The number of rotatable bonds is 12. The molecule has 0 saturated carbocycles. The van der Waals surface area contributed by atoms with E-state index in [4.69, 9.17) is 21.3 Å². The van der Waals surface area contributed by atoms with Crippen LogP contribution in [0.15, 0.2) is 48.8 Å². The van der Waals surface area contributed by atoms with Crippen molar-refractivity contribution in [3.63, 3.8) is 0 Å². The minimum atomic E-state index is 0.429. The molecule has 0 saturated heterocycles. The van der Waals surface area contributed by atoms with Crippen LogP contribution in [-0.4, -0.2) is 81.3 Å². The van der Waals surface area contributed by atoms with Crippen LogP contribution >= 0.6 is 11.6 Å². The number of nitrogens with zero attached hydrogens (tertiary/aromatic N) is 4. The van der Waals surface area contributed by atoms with Gasteiger partial charge in [0, 0.05) is 62.0 Å². The van der Waals surface area contributed by atoms with E-state index in [1.165, 1.54) is 0 Å². The van der Waals surface area contributed by atoms with Gasteiger partial charge in [0.05, 0.1) is 41.1 Å². The number of hydrogen-bond acceptors (Lipinski definition) is 8. The minimum absolute atomic E-state index is 0.429. The van der Waals surface area contributed by atoms with Gasteiger partial charge in [0.1, 0.15) is 5.75 Å². The summed E-state index contributed by atoms with van der Waals surface area (Å²) in [7, 11) is 9.84. The minimum Gasteiger partial charge on any atom is -0.494 e. The molecule has 196 valence electrons. The SMILES string of the molecule is CNCCNc1cc(Nc2ncc(Cl)c(-c3c[nH]c4ccccc34)n2)c(OC)cc1N(C)CCN(C)C. The van der Waals surface area contributed by atoms with Crippen LogP contribution in [0.25, 0.3) is 22.2 Å². The Labute approximate surface area is 223 Å². The summed E-state index contributed by atoms with van der Waals surface area (Å²) in [5.74, 6) is 1.12. The van der Waals surface area contributed by atoms with Crippen molar-refractivity contribution >= 4 is 45.5 Å². The highest BCUT2D eigenvalue weighted by atomic mass is 35.5. The van der Waals surface area contributed by atoms with Crippen molar-refractivity contribution in [3.05, 3.63) is 53.8 Å². The molecule has 37 heavy (non-hydrogen) atoms. The molecule has 0 aliphatic carbocycles. The Kier molecular flexibility index (Phi) is 8.70. The molecule has 4 aromatic rings. The second-order valence-corrected chi connectivity index (χ2v) is 9.50. The van der Waals surface area contributed by atoms with Gasteiger partial charge in [-0.2, -0.15) is 0 Å². The molecule has 2 aromatic heterocycles. The van der Waals surface area contributed by atoms with E-state index in [0.717, 1.165) is 59.7 Å². The van der Waals surface area contributed by atoms with Gasteiger partial charge in [-0.25, -0.2) is 9.97 Å². The van der Waals surface area contributed by atoms with E-state index < -0.39 is 0 Å². The number of fused-ring (bicyclic) bond motifs is 1. The zero-order valence-corrected chi connectivity index (χ0v) is 22.8. The molecule has 4 N–H and O–H groups in total. The molecule has 2 aromatic carbocycles. The van der Waals surface area contributed by atoms with Gasteiger partial charge in [-0.1, -0.05) is 29.8 Å². The zero-order valence-electron chi connectivity index (χ0n) is 22.0. The van der Waals surface area contributed by atoms with Gasteiger partial charge < -0.3 is 35.5 Å². The van der Waals surface area contributed by atoms with Gasteiger partial charge in [-0.15, -0.1) is 0 Å². The Bertz CT molecular complexity index is 1340. The van der Waals surface area contributed by atoms with Gasteiger partial charge in [0.15, 0.2) is 0 Å². The Morgan fingerprint density at radius 2 is 1.86 bits per heavy atom. The molecule has 0 radical (unpaired) electrons. The predicted octanol–water partition coefficient (Wildman–Crippen LogP) is 4.66. The van der Waals surface area contributed by atoms with Crippen LogP contribution in [0.3, 0.4) is 0 Å². The van der Waals surface area contributed by atoms with Crippen molar-refractivity contribution in [2.24, 2.45) is 0 Å². The Morgan fingerprint density at radius 3 is 2.62 bits per heavy atom. The lowest BCUT2D eigenvalue weighted by atomic mass is 10.1. The number of benzene rings is 2. The maximum atomic E-state index is 6.54. The number of halogens is 1. The average molecular weight is 523 g/mol. The molecule has 2 heterocycles. The Balaban J connectivity index is 1.69. The summed E-state index contributed by atoms with van der Waals surface area (Å²) in [4.78, 5) is 16.9. The largest absolute Gasteiger partial charge is 0.494 e. The highest BCUT2D eigenvalue weighted by Gasteiger charge is 2.17. The maximum Gasteiger partial charge on any atom is 0.227 e. The van der Waals surface area contributed by atoms with Gasteiger partial charge in [0.2, 0.25) is 5.95 Å². The molecule has 0 aliphatic heterocycles.